The van der Waals surface area contributed by atoms with Crippen LogP contribution in [0, 0.1) is 5.92 Å². The predicted molar refractivity (Wildman–Crippen MR) is 116 cm³/mol. The predicted octanol–water partition coefficient (Wildman–Crippen LogP) is 2.21. The van der Waals surface area contributed by atoms with Gasteiger partial charge in [0.05, 0.1) is 12.9 Å². The lowest BCUT2D eigenvalue weighted by molar-refractivity contribution is 0.278. The summed E-state index contributed by atoms with van der Waals surface area (Å²) in [5, 5.41) is 8.18. The van der Waals surface area contributed by atoms with Crippen molar-refractivity contribution in [2.45, 2.75) is 38.6 Å². The fourth-order valence-electron chi connectivity index (χ4n) is 4.42. The average molecular weight is 434 g/mol. The molecule has 1 aromatic carbocycles. The quantitative estimate of drug-likeness (QED) is 0.623. The van der Waals surface area contributed by atoms with Gasteiger partial charge in [-0.15, -0.1) is 10.2 Å². The monoisotopic (exact) mass is 433 g/mol. The maximum atomic E-state index is 11.8. The number of aromatic nitrogens is 3. The number of nitrogens with zero attached hydrogens (tertiary/aromatic N) is 5. The van der Waals surface area contributed by atoms with Gasteiger partial charge in [-0.1, -0.05) is 6.07 Å². The number of ether oxygens (including phenoxy) is 1. The molecule has 1 fully saturated rings. The molecular formula is C21H31N5O3S. The molecule has 8 nitrogen and oxygen atoms in total. The molecule has 1 saturated heterocycles. The number of hydrogen-bond donors (Lipinski definition) is 0. The summed E-state index contributed by atoms with van der Waals surface area (Å²) in [7, 11) is -1.15. The summed E-state index contributed by atoms with van der Waals surface area (Å²) in [6, 6.07) is 6.04. The molecule has 2 aromatic rings. The van der Waals surface area contributed by atoms with Gasteiger partial charge in [-0.2, -0.15) is 4.31 Å². The highest BCUT2D eigenvalue weighted by molar-refractivity contribution is 7.88. The van der Waals surface area contributed by atoms with Gasteiger partial charge >= 0.3 is 0 Å². The van der Waals surface area contributed by atoms with Gasteiger partial charge in [0, 0.05) is 33.2 Å². The van der Waals surface area contributed by atoms with Crippen LogP contribution in [-0.2, 0) is 30.0 Å². The first-order valence-electron chi connectivity index (χ1n) is 10.7. The van der Waals surface area contributed by atoms with E-state index in [9.17, 15) is 8.42 Å². The second-order valence-corrected chi connectivity index (χ2v) is 10.4. The molecule has 3 heterocycles. The zero-order chi connectivity index (χ0) is 21.1. The topological polar surface area (TPSA) is 80.6 Å². The molecule has 9 heteroatoms. The number of fused-ring (bicyclic) bond motifs is 1. The van der Waals surface area contributed by atoms with E-state index in [2.05, 4.69) is 21.2 Å². The standard InChI is InChI=1S/C21H31N5O3S/c1-24-16-22-23-21(24)25-10-7-17(8-11-25)4-3-13-29-20-6-5-19-15-26(30(2,27)28)12-9-18(19)14-20/h5-6,14,16-17H,3-4,7-13,15H2,1-2H3. The molecule has 0 bridgehead atoms. The van der Waals surface area contributed by atoms with Gasteiger partial charge in [0.15, 0.2) is 0 Å². The molecule has 0 aliphatic carbocycles. The van der Waals surface area contributed by atoms with Crippen molar-refractivity contribution < 1.29 is 13.2 Å². The average Bonchev–Trinajstić information content (AvgIpc) is 3.16. The van der Waals surface area contributed by atoms with Crippen LogP contribution in [0.25, 0.3) is 0 Å². The number of anilines is 1. The Hall–Kier alpha value is -2.13. The van der Waals surface area contributed by atoms with Gasteiger partial charge in [0.2, 0.25) is 16.0 Å². The molecule has 0 atom stereocenters. The van der Waals surface area contributed by atoms with Crippen molar-refractivity contribution in [3.8, 4) is 5.75 Å². The minimum absolute atomic E-state index is 0.460. The van der Waals surface area contributed by atoms with Crippen LogP contribution in [0.15, 0.2) is 24.5 Å². The number of rotatable bonds is 7. The van der Waals surface area contributed by atoms with Crippen LogP contribution >= 0.6 is 0 Å². The summed E-state index contributed by atoms with van der Waals surface area (Å²) in [4.78, 5) is 2.32. The van der Waals surface area contributed by atoms with Crippen LogP contribution in [0.5, 0.6) is 5.75 Å². The summed E-state index contributed by atoms with van der Waals surface area (Å²) >= 11 is 0. The second kappa shape index (κ2) is 8.93. The Morgan fingerprint density at radius 3 is 2.67 bits per heavy atom. The van der Waals surface area contributed by atoms with Crippen LogP contribution in [0.1, 0.15) is 36.8 Å². The van der Waals surface area contributed by atoms with Crippen molar-refractivity contribution in [3.05, 3.63) is 35.7 Å². The summed E-state index contributed by atoms with van der Waals surface area (Å²) in [5.74, 6) is 2.59. The molecule has 2 aliphatic heterocycles. The third-order valence-electron chi connectivity index (χ3n) is 6.23. The number of hydrogen-bond acceptors (Lipinski definition) is 6. The summed E-state index contributed by atoms with van der Waals surface area (Å²) in [6.45, 7) is 3.79. The Balaban J connectivity index is 1.19. The Labute approximate surface area is 178 Å². The molecular weight excluding hydrogens is 402 g/mol. The molecule has 0 saturated carbocycles. The third-order valence-corrected chi connectivity index (χ3v) is 7.48. The lowest BCUT2D eigenvalue weighted by Crippen LogP contribution is -2.35. The Morgan fingerprint density at radius 2 is 1.97 bits per heavy atom. The molecule has 0 amide bonds. The zero-order valence-electron chi connectivity index (χ0n) is 17.8. The molecule has 30 heavy (non-hydrogen) atoms. The van der Waals surface area contributed by atoms with Crippen LogP contribution in [0.2, 0.25) is 0 Å². The first-order valence-corrected chi connectivity index (χ1v) is 12.5. The minimum atomic E-state index is -3.13. The lowest BCUT2D eigenvalue weighted by atomic mass is 9.92. The van der Waals surface area contributed by atoms with Gasteiger partial charge in [-0.3, -0.25) is 0 Å². The van der Waals surface area contributed by atoms with Gasteiger partial charge in [0.25, 0.3) is 0 Å². The van der Waals surface area contributed by atoms with Crippen molar-refractivity contribution in [1.82, 2.24) is 19.1 Å². The first kappa shape index (κ1) is 21.1. The van der Waals surface area contributed by atoms with Crippen LogP contribution < -0.4 is 9.64 Å². The Bertz CT molecular complexity index is 967. The molecule has 0 N–H and O–H groups in total. The zero-order valence-corrected chi connectivity index (χ0v) is 18.6. The van der Waals surface area contributed by atoms with E-state index in [4.69, 9.17) is 4.74 Å². The molecule has 4 rings (SSSR count). The fraction of sp³-hybridized carbons (Fsp3) is 0.619. The molecule has 1 aromatic heterocycles. The van der Waals surface area contributed by atoms with Crippen LogP contribution in [0.4, 0.5) is 5.95 Å². The molecule has 164 valence electrons. The highest BCUT2D eigenvalue weighted by Gasteiger charge is 2.24. The molecule has 0 radical (unpaired) electrons. The van der Waals surface area contributed by atoms with Crippen molar-refractivity contribution in [3.63, 3.8) is 0 Å². The Morgan fingerprint density at radius 1 is 1.17 bits per heavy atom. The summed E-state index contributed by atoms with van der Waals surface area (Å²) in [5.41, 5.74) is 2.28. The normalized spacial score (nSPS) is 18.4. The lowest BCUT2D eigenvalue weighted by Gasteiger charge is -2.32. The van der Waals surface area contributed by atoms with E-state index in [0.717, 1.165) is 55.7 Å². The molecule has 2 aliphatic rings. The summed E-state index contributed by atoms with van der Waals surface area (Å²) < 4.78 is 33.0. The number of sulfonamides is 1. The largest absolute Gasteiger partial charge is 0.494 e. The van der Waals surface area contributed by atoms with Gasteiger partial charge < -0.3 is 14.2 Å². The fourth-order valence-corrected chi connectivity index (χ4v) is 5.22. The maximum absolute atomic E-state index is 11.8. The van der Waals surface area contributed by atoms with Crippen LogP contribution in [-0.4, -0.2) is 60.0 Å². The van der Waals surface area contributed by atoms with Crippen molar-refractivity contribution in [1.29, 1.82) is 0 Å². The maximum Gasteiger partial charge on any atom is 0.226 e. The number of aryl methyl sites for hydroxylation is 1. The van der Waals surface area contributed by atoms with E-state index in [0.29, 0.717) is 13.1 Å². The van der Waals surface area contributed by atoms with Crippen LogP contribution in [0.3, 0.4) is 0 Å². The Kier molecular flexibility index (Phi) is 6.29. The van der Waals surface area contributed by atoms with Gasteiger partial charge in [-0.05, 0) is 61.3 Å². The highest BCUT2D eigenvalue weighted by atomic mass is 32.2. The van der Waals surface area contributed by atoms with E-state index in [-0.39, 0.29) is 0 Å². The first-order chi connectivity index (χ1) is 14.4. The van der Waals surface area contributed by atoms with Crippen molar-refractivity contribution in [2.24, 2.45) is 13.0 Å². The van der Waals surface area contributed by atoms with E-state index < -0.39 is 10.0 Å². The number of benzene rings is 1. The second-order valence-electron chi connectivity index (χ2n) is 8.44. The van der Waals surface area contributed by atoms with E-state index in [1.165, 1.54) is 35.4 Å². The smallest absolute Gasteiger partial charge is 0.226 e. The minimum Gasteiger partial charge on any atom is -0.494 e. The number of piperidine rings is 1. The van der Waals surface area contributed by atoms with Gasteiger partial charge in [0.1, 0.15) is 12.1 Å². The third kappa shape index (κ3) is 4.95. The molecule has 0 spiro atoms. The van der Waals surface area contributed by atoms with Gasteiger partial charge in [-0.25, -0.2) is 8.42 Å². The van der Waals surface area contributed by atoms with Crippen molar-refractivity contribution >= 4 is 16.0 Å². The van der Waals surface area contributed by atoms with E-state index in [1.807, 2.05) is 23.7 Å². The van der Waals surface area contributed by atoms with Crippen molar-refractivity contribution in [2.75, 3.05) is 37.4 Å². The molecule has 0 unspecified atom stereocenters. The van der Waals surface area contributed by atoms with E-state index >= 15 is 0 Å². The summed E-state index contributed by atoms with van der Waals surface area (Å²) in [6.07, 6.45) is 8.36. The van der Waals surface area contributed by atoms with E-state index in [1.54, 1.807) is 6.33 Å². The highest BCUT2D eigenvalue weighted by Crippen LogP contribution is 2.27. The SMILES string of the molecule is Cn1cnnc1N1CCC(CCCOc2ccc3c(c2)CCN(S(C)(=O)=O)C3)CC1.